The van der Waals surface area contributed by atoms with E-state index in [0.29, 0.717) is 18.9 Å². The maximum atomic E-state index is 14.6. The molecule has 4 N–H and O–H groups in total. The maximum Gasteiger partial charge on any atom is 0.416 e. The standard InChI is InChI=1S/C16H19F4N5/c1-9-7-12(11(17)8-10(9)16(18,19)20)25-14(22)23-13(21)24-15(25)5-3-2-4-6-15/h7-8H,2-6H2,1H3,(H4,21,22,23,24). The minimum atomic E-state index is -4.63. The van der Waals surface area contributed by atoms with Gasteiger partial charge >= 0.3 is 6.18 Å². The molecule has 3 rings (SSSR count). The van der Waals surface area contributed by atoms with Gasteiger partial charge in [-0.1, -0.05) is 6.42 Å². The van der Waals surface area contributed by atoms with Gasteiger partial charge in [-0.05, 0) is 50.3 Å². The Morgan fingerprint density at radius 3 is 2.36 bits per heavy atom. The van der Waals surface area contributed by atoms with Crippen molar-refractivity contribution in [3.8, 4) is 0 Å². The molecule has 0 radical (unpaired) electrons. The quantitative estimate of drug-likeness (QED) is 0.757. The smallest absolute Gasteiger partial charge is 0.369 e. The van der Waals surface area contributed by atoms with Crippen molar-refractivity contribution in [3.05, 3.63) is 29.1 Å². The molecule has 9 heteroatoms. The molecule has 1 fully saturated rings. The summed E-state index contributed by atoms with van der Waals surface area (Å²) in [6, 6.07) is 1.64. The van der Waals surface area contributed by atoms with Gasteiger partial charge in [0.25, 0.3) is 0 Å². The maximum absolute atomic E-state index is 14.6. The van der Waals surface area contributed by atoms with Gasteiger partial charge in [0.2, 0.25) is 11.9 Å². The van der Waals surface area contributed by atoms with E-state index < -0.39 is 23.2 Å². The van der Waals surface area contributed by atoms with Crippen molar-refractivity contribution >= 4 is 17.6 Å². The van der Waals surface area contributed by atoms with Gasteiger partial charge in [-0.2, -0.15) is 18.2 Å². The summed E-state index contributed by atoms with van der Waals surface area (Å²) in [6.07, 6.45) is -0.816. The van der Waals surface area contributed by atoms with Crippen molar-refractivity contribution in [1.82, 2.24) is 0 Å². The lowest BCUT2D eigenvalue weighted by Crippen LogP contribution is -2.58. The SMILES string of the molecule is Cc1cc(N2C(N)=NC(N)=NC23CCCCC3)c(F)cc1C(F)(F)F. The lowest BCUT2D eigenvalue weighted by atomic mass is 9.87. The lowest BCUT2D eigenvalue weighted by molar-refractivity contribution is -0.138. The van der Waals surface area contributed by atoms with Crippen LogP contribution in [0.15, 0.2) is 22.1 Å². The summed E-state index contributed by atoms with van der Waals surface area (Å²) in [5.41, 5.74) is 9.64. The Morgan fingerprint density at radius 1 is 1.12 bits per heavy atom. The van der Waals surface area contributed by atoms with E-state index in [1.807, 2.05) is 0 Å². The van der Waals surface area contributed by atoms with Gasteiger partial charge in [0.1, 0.15) is 11.5 Å². The van der Waals surface area contributed by atoms with Crippen LogP contribution in [0.1, 0.15) is 43.2 Å². The van der Waals surface area contributed by atoms with Crippen molar-refractivity contribution in [2.45, 2.75) is 50.9 Å². The highest BCUT2D eigenvalue weighted by atomic mass is 19.4. The first-order valence-electron chi connectivity index (χ1n) is 8.01. The number of hydrogen-bond donors (Lipinski definition) is 2. The van der Waals surface area contributed by atoms with E-state index in [4.69, 9.17) is 11.5 Å². The summed E-state index contributed by atoms with van der Waals surface area (Å²) in [6.45, 7) is 1.29. The van der Waals surface area contributed by atoms with Gasteiger partial charge in [-0.15, -0.1) is 0 Å². The average Bonchev–Trinajstić information content (AvgIpc) is 2.49. The normalized spacial score (nSPS) is 20.4. The Labute approximate surface area is 142 Å². The molecule has 1 aromatic rings. The van der Waals surface area contributed by atoms with E-state index in [-0.39, 0.29) is 23.2 Å². The number of aryl methyl sites for hydroxylation is 1. The van der Waals surface area contributed by atoms with E-state index in [1.54, 1.807) is 0 Å². The summed E-state index contributed by atoms with van der Waals surface area (Å²) in [5, 5.41) is 0. The van der Waals surface area contributed by atoms with Crippen LogP contribution in [-0.4, -0.2) is 17.6 Å². The minimum absolute atomic E-state index is 0.000285. The second kappa shape index (κ2) is 5.89. The number of benzene rings is 1. The number of alkyl halides is 3. The molecule has 136 valence electrons. The molecule has 1 heterocycles. The van der Waals surface area contributed by atoms with Crippen LogP contribution in [0.25, 0.3) is 0 Å². The van der Waals surface area contributed by atoms with Crippen LogP contribution in [-0.2, 0) is 6.18 Å². The fourth-order valence-electron chi connectivity index (χ4n) is 3.61. The monoisotopic (exact) mass is 357 g/mol. The number of guanidine groups is 2. The molecule has 1 saturated carbocycles. The predicted molar refractivity (Wildman–Crippen MR) is 87.7 cm³/mol. The van der Waals surface area contributed by atoms with Crippen LogP contribution in [0.3, 0.4) is 0 Å². The summed E-state index contributed by atoms with van der Waals surface area (Å²) in [5.74, 6) is -1.08. The number of halogens is 4. The number of nitrogens with zero attached hydrogens (tertiary/aromatic N) is 3. The van der Waals surface area contributed by atoms with Crippen LogP contribution in [0.2, 0.25) is 0 Å². The van der Waals surface area contributed by atoms with Crippen LogP contribution >= 0.6 is 0 Å². The minimum Gasteiger partial charge on any atom is -0.369 e. The highest BCUT2D eigenvalue weighted by Gasteiger charge is 2.44. The van der Waals surface area contributed by atoms with E-state index >= 15 is 0 Å². The van der Waals surface area contributed by atoms with E-state index in [1.165, 1.54) is 11.8 Å². The van der Waals surface area contributed by atoms with Crippen LogP contribution in [0.4, 0.5) is 23.2 Å². The molecule has 0 saturated heterocycles. The van der Waals surface area contributed by atoms with Crippen molar-refractivity contribution in [1.29, 1.82) is 0 Å². The van der Waals surface area contributed by atoms with Crippen molar-refractivity contribution in [3.63, 3.8) is 0 Å². The molecule has 25 heavy (non-hydrogen) atoms. The molecule has 0 aromatic heterocycles. The van der Waals surface area contributed by atoms with Gasteiger partial charge in [0, 0.05) is 0 Å². The third-order valence-electron chi connectivity index (χ3n) is 4.69. The molecule has 5 nitrogen and oxygen atoms in total. The molecule has 0 unspecified atom stereocenters. The van der Waals surface area contributed by atoms with Gasteiger partial charge in [0.15, 0.2) is 0 Å². The van der Waals surface area contributed by atoms with Crippen LogP contribution in [0.5, 0.6) is 0 Å². The first-order valence-corrected chi connectivity index (χ1v) is 8.01. The van der Waals surface area contributed by atoms with Crippen molar-refractivity contribution in [2.24, 2.45) is 21.5 Å². The Kier molecular flexibility index (Phi) is 4.12. The number of aliphatic imine (C=N–C) groups is 2. The number of anilines is 1. The van der Waals surface area contributed by atoms with Gasteiger partial charge in [-0.3, -0.25) is 4.90 Å². The number of nitrogens with two attached hydrogens (primary N) is 2. The molecular formula is C16H19F4N5. The van der Waals surface area contributed by atoms with Gasteiger partial charge < -0.3 is 11.5 Å². The molecule has 1 aliphatic carbocycles. The molecule has 0 atom stereocenters. The lowest BCUT2D eigenvalue weighted by Gasteiger charge is -2.45. The Morgan fingerprint density at radius 2 is 1.76 bits per heavy atom. The summed E-state index contributed by atoms with van der Waals surface area (Å²) < 4.78 is 53.7. The third kappa shape index (κ3) is 3.03. The first kappa shape index (κ1) is 17.5. The highest BCUT2D eigenvalue weighted by Crippen LogP contribution is 2.42. The molecule has 1 aliphatic heterocycles. The second-order valence-corrected chi connectivity index (χ2v) is 6.43. The Hall–Kier alpha value is -2.32. The first-order chi connectivity index (χ1) is 11.6. The predicted octanol–water partition coefficient (Wildman–Crippen LogP) is 3.26. The van der Waals surface area contributed by atoms with Gasteiger partial charge in [0.05, 0.1) is 11.3 Å². The fraction of sp³-hybridized carbons (Fsp3) is 0.500. The van der Waals surface area contributed by atoms with Crippen molar-refractivity contribution in [2.75, 3.05) is 4.90 Å². The largest absolute Gasteiger partial charge is 0.416 e. The van der Waals surface area contributed by atoms with Gasteiger partial charge in [-0.25, -0.2) is 9.38 Å². The topological polar surface area (TPSA) is 80.0 Å². The number of rotatable bonds is 1. The molecular weight excluding hydrogens is 338 g/mol. The zero-order valence-corrected chi connectivity index (χ0v) is 13.7. The van der Waals surface area contributed by atoms with E-state index in [0.717, 1.165) is 25.3 Å². The van der Waals surface area contributed by atoms with E-state index in [2.05, 4.69) is 9.98 Å². The summed E-state index contributed by atoms with van der Waals surface area (Å²) in [7, 11) is 0. The fourth-order valence-corrected chi connectivity index (χ4v) is 3.61. The zero-order valence-electron chi connectivity index (χ0n) is 13.7. The molecule has 0 bridgehead atoms. The highest BCUT2D eigenvalue weighted by molar-refractivity contribution is 6.05. The molecule has 2 aliphatic rings. The van der Waals surface area contributed by atoms with Crippen molar-refractivity contribution < 1.29 is 17.6 Å². The Bertz CT molecular complexity index is 748. The summed E-state index contributed by atoms with van der Waals surface area (Å²) >= 11 is 0. The number of hydrogen-bond acceptors (Lipinski definition) is 5. The molecule has 1 aromatic carbocycles. The average molecular weight is 357 g/mol. The van der Waals surface area contributed by atoms with Crippen LogP contribution in [0, 0.1) is 12.7 Å². The summed E-state index contributed by atoms with van der Waals surface area (Å²) in [4.78, 5) is 9.67. The Balaban J connectivity index is 2.13. The molecule has 0 amide bonds. The second-order valence-electron chi connectivity index (χ2n) is 6.43. The third-order valence-corrected chi connectivity index (χ3v) is 4.69. The van der Waals surface area contributed by atoms with Crippen LogP contribution < -0.4 is 16.4 Å². The molecule has 1 spiro atoms. The van der Waals surface area contributed by atoms with E-state index in [9.17, 15) is 17.6 Å². The zero-order chi connectivity index (χ0) is 18.4.